The van der Waals surface area contributed by atoms with E-state index in [4.69, 9.17) is 5.11 Å². The number of unbranched alkanes of at least 4 members (excludes halogenated alkanes) is 1. The second kappa shape index (κ2) is 8.14. The molecule has 0 aliphatic carbocycles. The summed E-state index contributed by atoms with van der Waals surface area (Å²) < 4.78 is 25.8. The second-order valence-corrected chi connectivity index (χ2v) is 7.12. The molecule has 0 unspecified atom stereocenters. The maximum Gasteiger partial charge on any atom is 0.306 e. The number of nitrogens with zero attached hydrogens (tertiary/aromatic N) is 1. The van der Waals surface area contributed by atoms with E-state index < -0.39 is 16.0 Å². The molecule has 6 heteroatoms. The van der Waals surface area contributed by atoms with E-state index in [1.165, 1.54) is 4.31 Å². The number of aliphatic carboxylic acids is 1. The summed E-state index contributed by atoms with van der Waals surface area (Å²) in [5.74, 6) is -1.11. The van der Waals surface area contributed by atoms with Gasteiger partial charge < -0.3 is 5.11 Å². The summed E-state index contributed by atoms with van der Waals surface area (Å²) in [4.78, 5) is 11.2. The Morgan fingerprint density at radius 1 is 1.24 bits per heavy atom. The van der Waals surface area contributed by atoms with Gasteiger partial charge in [0.05, 0.1) is 10.8 Å². The summed E-state index contributed by atoms with van der Waals surface area (Å²) in [5.41, 5.74) is 0. The molecule has 0 spiro atoms. The van der Waals surface area contributed by atoms with E-state index in [1.54, 1.807) is 37.4 Å². The summed E-state index contributed by atoms with van der Waals surface area (Å²) in [7, 11) is -1.89. The average Bonchev–Trinajstić information content (AvgIpc) is 2.47. The molecule has 1 rings (SSSR count). The van der Waals surface area contributed by atoms with Crippen LogP contribution in [0.4, 0.5) is 0 Å². The molecule has 0 amide bonds. The average molecular weight is 313 g/mol. The van der Waals surface area contributed by atoms with Crippen molar-refractivity contribution in [3.63, 3.8) is 0 Å². The van der Waals surface area contributed by atoms with Crippen LogP contribution < -0.4 is 0 Å². The summed E-state index contributed by atoms with van der Waals surface area (Å²) in [6.07, 6.45) is 2.56. The SMILES string of the molecule is CC[C@@H](CCCCN(C)S(=O)(=O)c1ccccc1)C(=O)O. The van der Waals surface area contributed by atoms with Crippen LogP contribution in [-0.4, -0.2) is 37.4 Å². The Morgan fingerprint density at radius 3 is 2.38 bits per heavy atom. The number of hydrogen-bond donors (Lipinski definition) is 1. The third kappa shape index (κ3) is 5.13. The third-order valence-corrected chi connectivity index (χ3v) is 5.44. The number of carboxylic acids is 1. The molecule has 0 saturated heterocycles. The molecule has 0 heterocycles. The maximum atomic E-state index is 12.3. The smallest absolute Gasteiger partial charge is 0.306 e. The van der Waals surface area contributed by atoms with Gasteiger partial charge in [-0.3, -0.25) is 4.79 Å². The van der Waals surface area contributed by atoms with E-state index in [2.05, 4.69) is 0 Å². The van der Waals surface area contributed by atoms with E-state index in [9.17, 15) is 13.2 Å². The summed E-state index contributed by atoms with van der Waals surface area (Å²) in [5, 5.41) is 8.95. The first-order chi connectivity index (χ1) is 9.89. The predicted molar refractivity (Wildman–Crippen MR) is 81.5 cm³/mol. The molecule has 1 aromatic rings. The van der Waals surface area contributed by atoms with Crippen LogP contribution in [-0.2, 0) is 14.8 Å². The molecule has 1 atom stereocenters. The van der Waals surface area contributed by atoms with Crippen LogP contribution in [0.15, 0.2) is 35.2 Å². The highest BCUT2D eigenvalue weighted by Crippen LogP contribution is 2.16. The Labute approximate surface area is 126 Å². The number of carbonyl (C=O) groups is 1. The molecule has 0 radical (unpaired) electrons. The minimum Gasteiger partial charge on any atom is -0.481 e. The van der Waals surface area contributed by atoms with Crippen molar-refractivity contribution in [3.05, 3.63) is 30.3 Å². The van der Waals surface area contributed by atoms with Crippen molar-refractivity contribution in [2.24, 2.45) is 5.92 Å². The fraction of sp³-hybridized carbons (Fsp3) is 0.533. The fourth-order valence-electron chi connectivity index (χ4n) is 2.12. The van der Waals surface area contributed by atoms with Gasteiger partial charge in [-0.05, 0) is 31.4 Å². The zero-order valence-electron chi connectivity index (χ0n) is 12.5. The van der Waals surface area contributed by atoms with Gasteiger partial charge in [-0.2, -0.15) is 0 Å². The Kier molecular flexibility index (Phi) is 6.84. The molecule has 1 N–H and O–H groups in total. The molecular weight excluding hydrogens is 290 g/mol. The summed E-state index contributed by atoms with van der Waals surface area (Å²) >= 11 is 0. The predicted octanol–water partition coefficient (Wildman–Crippen LogP) is 2.59. The van der Waals surface area contributed by atoms with Crippen molar-refractivity contribution in [2.75, 3.05) is 13.6 Å². The first-order valence-electron chi connectivity index (χ1n) is 7.13. The van der Waals surface area contributed by atoms with Crippen LogP contribution in [0.1, 0.15) is 32.6 Å². The Morgan fingerprint density at radius 2 is 1.86 bits per heavy atom. The lowest BCUT2D eigenvalue weighted by Gasteiger charge is -2.17. The van der Waals surface area contributed by atoms with Gasteiger partial charge in [-0.25, -0.2) is 12.7 Å². The zero-order valence-corrected chi connectivity index (χ0v) is 13.3. The molecule has 118 valence electrons. The van der Waals surface area contributed by atoms with Gasteiger partial charge in [0.1, 0.15) is 0 Å². The molecule has 0 aromatic heterocycles. The molecular formula is C15H23NO4S. The zero-order chi connectivity index (χ0) is 15.9. The van der Waals surface area contributed by atoms with Crippen LogP contribution in [0.5, 0.6) is 0 Å². The van der Waals surface area contributed by atoms with Gasteiger partial charge in [-0.15, -0.1) is 0 Å². The molecule has 0 saturated carbocycles. The van der Waals surface area contributed by atoms with Crippen LogP contribution in [0.2, 0.25) is 0 Å². The largest absolute Gasteiger partial charge is 0.481 e. The van der Waals surface area contributed by atoms with Gasteiger partial charge in [-0.1, -0.05) is 31.5 Å². The Balaban J connectivity index is 2.47. The maximum absolute atomic E-state index is 12.3. The molecule has 0 aliphatic rings. The van der Waals surface area contributed by atoms with Crippen molar-refractivity contribution < 1.29 is 18.3 Å². The minimum atomic E-state index is -3.44. The van der Waals surface area contributed by atoms with Crippen molar-refractivity contribution in [1.82, 2.24) is 4.31 Å². The van der Waals surface area contributed by atoms with Crippen LogP contribution in [0.25, 0.3) is 0 Å². The Bertz CT molecular complexity index is 542. The lowest BCUT2D eigenvalue weighted by atomic mass is 10.00. The van der Waals surface area contributed by atoms with Gasteiger partial charge >= 0.3 is 5.97 Å². The van der Waals surface area contributed by atoms with E-state index in [0.717, 1.165) is 0 Å². The van der Waals surface area contributed by atoms with Gasteiger partial charge in [0.25, 0.3) is 0 Å². The first kappa shape index (κ1) is 17.7. The van der Waals surface area contributed by atoms with E-state index in [0.29, 0.717) is 32.2 Å². The van der Waals surface area contributed by atoms with Crippen LogP contribution >= 0.6 is 0 Å². The van der Waals surface area contributed by atoms with Crippen LogP contribution in [0, 0.1) is 5.92 Å². The number of carboxylic acid groups (broad SMARTS) is 1. The topological polar surface area (TPSA) is 74.7 Å². The monoisotopic (exact) mass is 313 g/mol. The van der Waals surface area contributed by atoms with Crippen LogP contribution in [0.3, 0.4) is 0 Å². The highest BCUT2D eigenvalue weighted by atomic mass is 32.2. The second-order valence-electron chi connectivity index (χ2n) is 5.08. The van der Waals surface area contributed by atoms with Gasteiger partial charge in [0.2, 0.25) is 10.0 Å². The highest BCUT2D eigenvalue weighted by Gasteiger charge is 2.20. The highest BCUT2D eigenvalue weighted by molar-refractivity contribution is 7.89. The molecule has 0 fully saturated rings. The fourth-order valence-corrected chi connectivity index (χ4v) is 3.35. The number of sulfonamides is 1. The van der Waals surface area contributed by atoms with E-state index >= 15 is 0 Å². The first-order valence-corrected chi connectivity index (χ1v) is 8.57. The van der Waals surface area contributed by atoms with Crippen molar-refractivity contribution >= 4 is 16.0 Å². The molecule has 1 aromatic carbocycles. The van der Waals surface area contributed by atoms with Gasteiger partial charge in [0, 0.05) is 13.6 Å². The normalized spacial score (nSPS) is 13.3. The van der Waals surface area contributed by atoms with E-state index in [1.807, 2.05) is 6.92 Å². The summed E-state index contributed by atoms with van der Waals surface area (Å²) in [6, 6.07) is 8.31. The van der Waals surface area contributed by atoms with E-state index in [-0.39, 0.29) is 10.8 Å². The quantitative estimate of drug-likeness (QED) is 0.711. The van der Waals surface area contributed by atoms with Gasteiger partial charge in [0.15, 0.2) is 0 Å². The third-order valence-electron chi connectivity index (χ3n) is 3.57. The number of hydrogen-bond acceptors (Lipinski definition) is 3. The molecule has 0 aliphatic heterocycles. The summed E-state index contributed by atoms with van der Waals surface area (Å²) in [6.45, 7) is 2.25. The number of rotatable bonds is 9. The minimum absolute atomic E-state index is 0.282. The molecule has 5 nitrogen and oxygen atoms in total. The lowest BCUT2D eigenvalue weighted by Crippen LogP contribution is -2.28. The Hall–Kier alpha value is -1.40. The number of benzene rings is 1. The molecule has 21 heavy (non-hydrogen) atoms. The molecule has 0 bridgehead atoms. The van der Waals surface area contributed by atoms with Crippen molar-refractivity contribution in [1.29, 1.82) is 0 Å². The van der Waals surface area contributed by atoms with Crippen molar-refractivity contribution in [3.8, 4) is 0 Å². The lowest BCUT2D eigenvalue weighted by molar-refractivity contribution is -0.142. The van der Waals surface area contributed by atoms with Crippen molar-refractivity contribution in [2.45, 2.75) is 37.5 Å². The standard InChI is InChI=1S/C15H23NO4S/c1-3-13(15(17)18)9-7-8-12-16(2)21(19,20)14-10-5-4-6-11-14/h4-6,10-11,13H,3,7-9,12H2,1-2H3,(H,17,18)/t13-/m0/s1.